The maximum Gasteiger partial charge on any atom is 0.410 e. The molecule has 0 spiro atoms. The first-order valence-corrected chi connectivity index (χ1v) is 7.89. The van der Waals surface area contributed by atoms with E-state index in [0.29, 0.717) is 26.2 Å². The molecule has 1 aromatic rings. The van der Waals surface area contributed by atoms with Crippen molar-refractivity contribution in [2.75, 3.05) is 31.6 Å². The van der Waals surface area contributed by atoms with Gasteiger partial charge in [0.15, 0.2) is 0 Å². The zero-order chi connectivity index (χ0) is 17.0. The first-order valence-electron chi connectivity index (χ1n) is 7.89. The molecule has 0 bridgehead atoms. The van der Waals surface area contributed by atoms with E-state index in [1.807, 2.05) is 40.7 Å². The highest BCUT2D eigenvalue weighted by molar-refractivity contribution is 5.68. The van der Waals surface area contributed by atoms with Crippen molar-refractivity contribution in [3.63, 3.8) is 0 Å². The summed E-state index contributed by atoms with van der Waals surface area (Å²) in [5.74, 6) is 0. The highest BCUT2D eigenvalue weighted by atomic mass is 16.6. The highest BCUT2D eigenvalue weighted by Crippen LogP contribution is 2.15. The fraction of sp³-hybridized carbons (Fsp3) is 0.688. The van der Waals surface area contributed by atoms with Crippen molar-refractivity contribution in [2.45, 2.75) is 46.3 Å². The van der Waals surface area contributed by atoms with E-state index < -0.39 is 5.60 Å². The second kappa shape index (κ2) is 7.12. The number of nitrogens with zero attached hydrogens (tertiary/aromatic N) is 3. The van der Waals surface area contributed by atoms with Crippen LogP contribution in [0, 0.1) is 13.8 Å². The number of nitrogens with one attached hydrogen (secondary N) is 1. The molecule has 1 saturated heterocycles. The molecule has 2 rings (SSSR count). The second-order valence-corrected chi connectivity index (χ2v) is 6.78. The molecule has 1 unspecified atom stereocenters. The van der Waals surface area contributed by atoms with Crippen LogP contribution in [0.25, 0.3) is 0 Å². The lowest BCUT2D eigenvalue weighted by Crippen LogP contribution is -2.49. The van der Waals surface area contributed by atoms with E-state index in [9.17, 15) is 4.79 Å². The molecule has 1 aliphatic rings. The molecule has 1 N–H and O–H groups in total. The molecule has 1 fully saturated rings. The lowest BCUT2D eigenvalue weighted by Gasteiger charge is -2.34. The van der Waals surface area contributed by atoms with Crippen LogP contribution in [0.3, 0.4) is 0 Å². The molecule has 1 aromatic heterocycles. The number of carbonyl (C=O) groups is 1. The summed E-state index contributed by atoms with van der Waals surface area (Å²) in [5.41, 5.74) is 2.16. The molecule has 0 aliphatic carbocycles. The van der Waals surface area contributed by atoms with Gasteiger partial charge in [-0.15, -0.1) is 0 Å². The zero-order valence-electron chi connectivity index (χ0n) is 14.5. The van der Waals surface area contributed by atoms with Crippen LogP contribution in [0.1, 0.15) is 32.2 Å². The van der Waals surface area contributed by atoms with E-state index in [0.717, 1.165) is 17.1 Å². The third kappa shape index (κ3) is 5.35. The van der Waals surface area contributed by atoms with Gasteiger partial charge < -0.3 is 19.7 Å². The number of ether oxygens (including phenoxy) is 2. The average molecular weight is 322 g/mol. The summed E-state index contributed by atoms with van der Waals surface area (Å²) in [5, 5.41) is 11.4. The van der Waals surface area contributed by atoms with E-state index in [-0.39, 0.29) is 12.2 Å². The molecule has 2 heterocycles. The Morgan fingerprint density at radius 1 is 1.43 bits per heavy atom. The standard InChI is InChI=1S/C16H26N4O3/c1-11-8-14(12(2)19-18-11)17-9-13-10-20(6-7-22-13)15(21)23-16(3,4)5/h8,13H,6-7,9-10H2,1-5H3,(H,17,18). The minimum atomic E-state index is -0.486. The minimum Gasteiger partial charge on any atom is -0.444 e. The van der Waals surface area contributed by atoms with Gasteiger partial charge in [-0.1, -0.05) is 0 Å². The molecule has 7 heteroatoms. The van der Waals surface area contributed by atoms with Gasteiger partial charge >= 0.3 is 6.09 Å². The quantitative estimate of drug-likeness (QED) is 0.919. The molecule has 0 aromatic carbocycles. The van der Waals surface area contributed by atoms with Crippen molar-refractivity contribution >= 4 is 11.8 Å². The molecule has 0 saturated carbocycles. The van der Waals surface area contributed by atoms with E-state index in [1.54, 1.807) is 4.90 Å². The molecular formula is C16H26N4O3. The van der Waals surface area contributed by atoms with Crippen molar-refractivity contribution in [2.24, 2.45) is 0 Å². The van der Waals surface area contributed by atoms with Gasteiger partial charge in [0.05, 0.1) is 36.3 Å². The monoisotopic (exact) mass is 322 g/mol. The first-order chi connectivity index (χ1) is 10.7. The van der Waals surface area contributed by atoms with Crippen LogP contribution in [0.4, 0.5) is 10.5 Å². The molecule has 0 radical (unpaired) electrons. The van der Waals surface area contributed by atoms with Crippen molar-refractivity contribution < 1.29 is 14.3 Å². The minimum absolute atomic E-state index is 0.0795. The highest BCUT2D eigenvalue weighted by Gasteiger charge is 2.28. The van der Waals surface area contributed by atoms with E-state index in [2.05, 4.69) is 15.5 Å². The summed E-state index contributed by atoms with van der Waals surface area (Å²) < 4.78 is 11.1. The zero-order valence-corrected chi connectivity index (χ0v) is 14.5. The number of hydrogen-bond acceptors (Lipinski definition) is 6. The van der Waals surface area contributed by atoms with Crippen LogP contribution in [0.5, 0.6) is 0 Å². The summed E-state index contributed by atoms with van der Waals surface area (Å²) in [7, 11) is 0. The van der Waals surface area contributed by atoms with E-state index >= 15 is 0 Å². The molecule has 1 aliphatic heterocycles. The van der Waals surface area contributed by atoms with Gasteiger partial charge in [-0.3, -0.25) is 0 Å². The molecule has 7 nitrogen and oxygen atoms in total. The lowest BCUT2D eigenvalue weighted by atomic mass is 10.2. The van der Waals surface area contributed by atoms with E-state index in [4.69, 9.17) is 9.47 Å². The third-order valence-electron chi connectivity index (χ3n) is 3.41. The van der Waals surface area contributed by atoms with Crippen molar-refractivity contribution in [3.05, 3.63) is 17.5 Å². The molecule has 1 atom stereocenters. The summed E-state index contributed by atoms with van der Waals surface area (Å²) in [6.07, 6.45) is -0.368. The Kier molecular flexibility index (Phi) is 5.41. The fourth-order valence-corrected chi connectivity index (χ4v) is 2.29. The summed E-state index contributed by atoms with van der Waals surface area (Å²) >= 11 is 0. The van der Waals surface area contributed by atoms with Gasteiger partial charge in [-0.05, 0) is 40.7 Å². The van der Waals surface area contributed by atoms with E-state index in [1.165, 1.54) is 0 Å². The molecule has 1 amide bonds. The summed E-state index contributed by atoms with van der Waals surface area (Å²) in [4.78, 5) is 13.8. The number of morpholine rings is 1. The molecule has 23 heavy (non-hydrogen) atoms. The van der Waals surface area contributed by atoms with Gasteiger partial charge in [0.25, 0.3) is 0 Å². The smallest absolute Gasteiger partial charge is 0.410 e. The van der Waals surface area contributed by atoms with Crippen LogP contribution >= 0.6 is 0 Å². The van der Waals surface area contributed by atoms with Crippen molar-refractivity contribution in [1.82, 2.24) is 15.1 Å². The molecular weight excluding hydrogens is 296 g/mol. The first kappa shape index (κ1) is 17.5. The van der Waals surface area contributed by atoms with Crippen LogP contribution < -0.4 is 5.32 Å². The Hall–Kier alpha value is -1.89. The number of aromatic nitrogens is 2. The Balaban J connectivity index is 1.89. The second-order valence-electron chi connectivity index (χ2n) is 6.78. The predicted octanol–water partition coefficient (Wildman–Crippen LogP) is 2.14. The number of anilines is 1. The number of aryl methyl sites for hydroxylation is 2. The summed E-state index contributed by atoms with van der Waals surface area (Å²) in [6, 6.07) is 1.96. The maximum absolute atomic E-state index is 12.1. The van der Waals surface area contributed by atoms with Gasteiger partial charge in [0, 0.05) is 13.1 Å². The topological polar surface area (TPSA) is 76.6 Å². The van der Waals surface area contributed by atoms with Crippen LogP contribution in [-0.2, 0) is 9.47 Å². The number of amides is 1. The SMILES string of the molecule is Cc1cc(NCC2CN(C(=O)OC(C)(C)C)CCO2)c(C)nn1. The van der Waals surface area contributed by atoms with Crippen LogP contribution in [-0.4, -0.2) is 59.1 Å². The largest absolute Gasteiger partial charge is 0.444 e. The average Bonchev–Trinajstić information content (AvgIpc) is 2.47. The van der Waals surface area contributed by atoms with Crippen LogP contribution in [0.2, 0.25) is 0 Å². The number of rotatable bonds is 3. The van der Waals surface area contributed by atoms with Crippen molar-refractivity contribution in [3.8, 4) is 0 Å². The molecule has 128 valence electrons. The third-order valence-corrected chi connectivity index (χ3v) is 3.41. The summed E-state index contributed by atoms with van der Waals surface area (Å²) in [6.45, 7) is 11.6. The van der Waals surface area contributed by atoms with Crippen molar-refractivity contribution in [1.29, 1.82) is 0 Å². The van der Waals surface area contributed by atoms with Gasteiger partial charge in [0.2, 0.25) is 0 Å². The van der Waals surface area contributed by atoms with Crippen LogP contribution in [0.15, 0.2) is 6.07 Å². The Bertz CT molecular complexity index is 557. The maximum atomic E-state index is 12.1. The Labute approximate surface area is 137 Å². The van der Waals surface area contributed by atoms with Gasteiger partial charge in [-0.2, -0.15) is 10.2 Å². The Morgan fingerprint density at radius 2 is 2.17 bits per heavy atom. The normalized spacial score (nSPS) is 18.7. The predicted molar refractivity (Wildman–Crippen MR) is 87.5 cm³/mol. The lowest BCUT2D eigenvalue weighted by molar-refractivity contribution is -0.0371. The van der Waals surface area contributed by atoms with Gasteiger partial charge in [0.1, 0.15) is 5.60 Å². The fourth-order valence-electron chi connectivity index (χ4n) is 2.29. The Morgan fingerprint density at radius 3 is 2.87 bits per heavy atom. The number of hydrogen-bond donors (Lipinski definition) is 1. The number of carbonyl (C=O) groups excluding carboxylic acids is 1. The van der Waals surface area contributed by atoms with Gasteiger partial charge in [-0.25, -0.2) is 4.79 Å².